The van der Waals surface area contributed by atoms with E-state index in [1.54, 1.807) is 13.3 Å². The van der Waals surface area contributed by atoms with Crippen LogP contribution in [0.3, 0.4) is 0 Å². The second-order valence-corrected chi connectivity index (χ2v) is 6.65. The maximum absolute atomic E-state index is 5.48. The lowest BCUT2D eigenvalue weighted by molar-refractivity contribution is 0.0818. The highest BCUT2D eigenvalue weighted by molar-refractivity contribution is 5.63. The van der Waals surface area contributed by atoms with Crippen LogP contribution in [-0.4, -0.2) is 46.1 Å². The summed E-state index contributed by atoms with van der Waals surface area (Å²) in [5.74, 6) is 0.973. The fourth-order valence-corrected chi connectivity index (χ4v) is 3.32. The van der Waals surface area contributed by atoms with Gasteiger partial charge in [-0.25, -0.2) is 4.68 Å². The molecule has 1 saturated heterocycles. The summed E-state index contributed by atoms with van der Waals surface area (Å²) in [5.41, 5.74) is 3.96. The Morgan fingerprint density at radius 1 is 1.12 bits per heavy atom. The molecule has 0 aromatic carbocycles. The van der Waals surface area contributed by atoms with Gasteiger partial charge in [0.2, 0.25) is 0 Å². The molecule has 1 aliphatic heterocycles. The van der Waals surface area contributed by atoms with Crippen LogP contribution in [0, 0.1) is 6.92 Å². The van der Waals surface area contributed by atoms with Gasteiger partial charge in [-0.2, -0.15) is 0 Å². The fraction of sp³-hybridized carbons (Fsp3) is 0.350. The quantitative estimate of drug-likeness (QED) is 0.724. The second-order valence-electron chi connectivity index (χ2n) is 6.65. The van der Waals surface area contributed by atoms with Gasteiger partial charge >= 0.3 is 0 Å². The molecule has 0 aliphatic carbocycles. The summed E-state index contributed by atoms with van der Waals surface area (Å²) in [6.45, 7) is 3.94. The minimum Gasteiger partial charge on any atom is -0.381 e. The molecular formula is C20H23N5O. The van der Waals surface area contributed by atoms with Crippen LogP contribution in [0.2, 0.25) is 0 Å². The first-order valence-corrected chi connectivity index (χ1v) is 8.96. The average molecular weight is 349 g/mol. The smallest absolute Gasteiger partial charge is 0.151 e. The molecule has 0 radical (unpaired) electrons. The normalized spacial score (nSPS) is 15.4. The molecule has 0 amide bonds. The van der Waals surface area contributed by atoms with E-state index in [1.807, 2.05) is 42.2 Å². The van der Waals surface area contributed by atoms with Crippen LogP contribution in [0.5, 0.6) is 0 Å². The van der Waals surface area contributed by atoms with Crippen molar-refractivity contribution in [3.8, 4) is 17.1 Å². The van der Waals surface area contributed by atoms with Crippen molar-refractivity contribution in [1.29, 1.82) is 0 Å². The van der Waals surface area contributed by atoms with Gasteiger partial charge in [0, 0.05) is 38.7 Å². The number of aryl methyl sites for hydroxylation is 1. The zero-order chi connectivity index (χ0) is 17.9. The zero-order valence-electron chi connectivity index (χ0n) is 15.2. The number of pyridine rings is 2. The van der Waals surface area contributed by atoms with Crippen LogP contribution in [0.25, 0.3) is 17.1 Å². The SMILES string of the molecule is COC1CCN(c2cc(-c3ccc(C)cn3)n(-c3cccnc3)n2)CC1. The average Bonchev–Trinajstić information content (AvgIpc) is 3.15. The minimum atomic E-state index is 0.352. The van der Waals surface area contributed by atoms with Gasteiger partial charge in [-0.15, -0.1) is 5.10 Å². The summed E-state index contributed by atoms with van der Waals surface area (Å²) >= 11 is 0. The monoisotopic (exact) mass is 349 g/mol. The Kier molecular flexibility index (Phi) is 4.67. The van der Waals surface area contributed by atoms with Crippen LogP contribution in [0.15, 0.2) is 48.9 Å². The van der Waals surface area contributed by atoms with Crippen molar-refractivity contribution in [1.82, 2.24) is 19.7 Å². The van der Waals surface area contributed by atoms with E-state index in [0.29, 0.717) is 6.10 Å². The van der Waals surface area contributed by atoms with Gasteiger partial charge in [0.15, 0.2) is 5.82 Å². The van der Waals surface area contributed by atoms with Gasteiger partial charge in [0.05, 0.1) is 29.4 Å². The Balaban J connectivity index is 1.72. The Labute approximate surface area is 153 Å². The van der Waals surface area contributed by atoms with E-state index in [-0.39, 0.29) is 0 Å². The van der Waals surface area contributed by atoms with E-state index >= 15 is 0 Å². The third kappa shape index (κ3) is 3.32. The molecule has 1 fully saturated rings. The molecule has 0 spiro atoms. The number of hydrogen-bond donors (Lipinski definition) is 0. The second kappa shape index (κ2) is 7.25. The molecule has 4 heterocycles. The molecule has 0 saturated carbocycles. The Hall–Kier alpha value is -2.73. The number of ether oxygens (including phenoxy) is 1. The number of aromatic nitrogens is 4. The summed E-state index contributed by atoms with van der Waals surface area (Å²) in [4.78, 5) is 11.2. The number of piperidine rings is 1. The third-order valence-electron chi connectivity index (χ3n) is 4.86. The molecule has 26 heavy (non-hydrogen) atoms. The van der Waals surface area contributed by atoms with E-state index in [9.17, 15) is 0 Å². The van der Waals surface area contributed by atoms with Gasteiger partial charge in [0.25, 0.3) is 0 Å². The van der Waals surface area contributed by atoms with Crippen molar-refractivity contribution in [2.24, 2.45) is 0 Å². The van der Waals surface area contributed by atoms with E-state index in [4.69, 9.17) is 9.84 Å². The Morgan fingerprint density at radius 2 is 1.96 bits per heavy atom. The first-order valence-electron chi connectivity index (χ1n) is 8.96. The van der Waals surface area contributed by atoms with Crippen LogP contribution >= 0.6 is 0 Å². The van der Waals surface area contributed by atoms with Crippen molar-refractivity contribution in [2.45, 2.75) is 25.9 Å². The maximum Gasteiger partial charge on any atom is 0.151 e. The molecular weight excluding hydrogens is 326 g/mol. The van der Waals surface area contributed by atoms with Crippen molar-refractivity contribution in [3.05, 3.63) is 54.5 Å². The summed E-state index contributed by atoms with van der Waals surface area (Å²) in [6, 6.07) is 10.2. The first-order chi connectivity index (χ1) is 12.7. The van der Waals surface area contributed by atoms with Gasteiger partial charge < -0.3 is 9.64 Å². The molecule has 4 rings (SSSR count). The van der Waals surface area contributed by atoms with Crippen molar-refractivity contribution in [3.63, 3.8) is 0 Å². The molecule has 3 aromatic heterocycles. The predicted molar refractivity (Wildman–Crippen MR) is 102 cm³/mol. The molecule has 3 aromatic rings. The highest BCUT2D eigenvalue weighted by Gasteiger charge is 2.22. The molecule has 0 unspecified atom stereocenters. The largest absolute Gasteiger partial charge is 0.381 e. The van der Waals surface area contributed by atoms with Crippen LogP contribution in [-0.2, 0) is 4.74 Å². The highest BCUT2D eigenvalue weighted by Crippen LogP contribution is 2.28. The summed E-state index contributed by atoms with van der Waals surface area (Å²) in [6.07, 6.45) is 7.88. The van der Waals surface area contributed by atoms with E-state index in [1.165, 1.54) is 0 Å². The third-order valence-corrected chi connectivity index (χ3v) is 4.86. The minimum absolute atomic E-state index is 0.352. The molecule has 134 valence electrons. The first kappa shape index (κ1) is 16.7. The Bertz CT molecular complexity index is 852. The van der Waals surface area contributed by atoms with Gasteiger partial charge in [-0.1, -0.05) is 6.07 Å². The zero-order valence-corrected chi connectivity index (χ0v) is 15.2. The standard InChI is InChI=1S/C20H23N5O/c1-15-5-6-18(22-13-15)19-12-20(24-10-7-17(26-2)8-11-24)23-25(19)16-4-3-9-21-14-16/h3-6,9,12-14,17H,7-8,10-11H2,1-2H3. The molecule has 1 aliphatic rings. The lowest BCUT2D eigenvalue weighted by atomic mass is 10.1. The van der Waals surface area contributed by atoms with Gasteiger partial charge in [-0.3, -0.25) is 9.97 Å². The summed E-state index contributed by atoms with van der Waals surface area (Å²) in [7, 11) is 1.79. The van der Waals surface area contributed by atoms with Crippen molar-refractivity contribution in [2.75, 3.05) is 25.1 Å². The Morgan fingerprint density at radius 3 is 2.62 bits per heavy atom. The number of methoxy groups -OCH3 is 1. The number of hydrogen-bond acceptors (Lipinski definition) is 5. The predicted octanol–water partition coefficient (Wildman–Crippen LogP) is 3.25. The molecule has 6 heteroatoms. The number of nitrogens with zero attached hydrogens (tertiary/aromatic N) is 5. The van der Waals surface area contributed by atoms with Crippen molar-refractivity contribution < 1.29 is 4.74 Å². The van der Waals surface area contributed by atoms with Crippen LogP contribution in [0.1, 0.15) is 18.4 Å². The lowest BCUT2D eigenvalue weighted by Gasteiger charge is -2.31. The van der Waals surface area contributed by atoms with E-state index in [2.05, 4.69) is 27.0 Å². The highest BCUT2D eigenvalue weighted by atomic mass is 16.5. The van der Waals surface area contributed by atoms with Gasteiger partial charge in [0.1, 0.15) is 0 Å². The van der Waals surface area contributed by atoms with Crippen LogP contribution < -0.4 is 4.90 Å². The maximum atomic E-state index is 5.48. The molecule has 6 nitrogen and oxygen atoms in total. The number of anilines is 1. The topological polar surface area (TPSA) is 56.1 Å². The van der Waals surface area contributed by atoms with Gasteiger partial charge in [-0.05, 0) is 43.5 Å². The van der Waals surface area contributed by atoms with Crippen LogP contribution in [0.4, 0.5) is 5.82 Å². The molecule has 0 bridgehead atoms. The fourth-order valence-electron chi connectivity index (χ4n) is 3.32. The molecule has 0 atom stereocenters. The lowest BCUT2D eigenvalue weighted by Crippen LogP contribution is -2.36. The number of rotatable bonds is 4. The van der Waals surface area contributed by atoms with Crippen molar-refractivity contribution >= 4 is 5.82 Å². The van der Waals surface area contributed by atoms with E-state index in [0.717, 1.165) is 54.4 Å². The molecule has 0 N–H and O–H groups in total. The summed E-state index contributed by atoms with van der Waals surface area (Å²) < 4.78 is 7.42. The van der Waals surface area contributed by atoms with E-state index < -0.39 is 0 Å². The summed E-state index contributed by atoms with van der Waals surface area (Å²) in [5, 5.41) is 4.88.